The Morgan fingerprint density at radius 2 is 2.18 bits per heavy atom. The van der Waals surface area contributed by atoms with Crippen molar-refractivity contribution in [1.29, 1.82) is 0 Å². The molecule has 0 saturated carbocycles. The lowest BCUT2D eigenvalue weighted by Gasteiger charge is -2.29. The predicted octanol–water partition coefficient (Wildman–Crippen LogP) is 1.47. The van der Waals surface area contributed by atoms with Crippen LogP contribution in [0.2, 0.25) is 0 Å². The smallest absolute Gasteiger partial charge is 0.248 e. The molecule has 4 nitrogen and oxygen atoms in total. The van der Waals surface area contributed by atoms with E-state index in [9.17, 15) is 9.59 Å². The van der Waals surface area contributed by atoms with Crippen molar-refractivity contribution in [3.8, 4) is 0 Å². The zero-order valence-electron chi connectivity index (χ0n) is 9.90. The Kier molecular flexibility index (Phi) is 3.13. The molecule has 0 radical (unpaired) electrons. The third-order valence-electron chi connectivity index (χ3n) is 3.09. The minimum Gasteiger partial charge on any atom is -0.366 e. The lowest BCUT2D eigenvalue weighted by Crippen LogP contribution is -2.35. The second-order valence-corrected chi connectivity index (χ2v) is 4.21. The first-order chi connectivity index (χ1) is 8.13. The Morgan fingerprint density at radius 1 is 1.41 bits per heavy atom. The number of benzene rings is 1. The lowest BCUT2D eigenvalue weighted by molar-refractivity contribution is -0.118. The number of rotatable bonds is 2. The number of primary amides is 1. The summed E-state index contributed by atoms with van der Waals surface area (Å²) >= 11 is 0. The van der Waals surface area contributed by atoms with Crippen molar-refractivity contribution in [3.05, 3.63) is 29.3 Å². The fourth-order valence-corrected chi connectivity index (χ4v) is 2.18. The van der Waals surface area contributed by atoms with E-state index >= 15 is 0 Å². The summed E-state index contributed by atoms with van der Waals surface area (Å²) in [6.45, 7) is 2.57. The summed E-state index contributed by atoms with van der Waals surface area (Å²) in [5.74, 6) is -0.366. The number of nitrogens with two attached hydrogens (primary N) is 1. The molecule has 0 unspecified atom stereocenters. The zero-order valence-corrected chi connectivity index (χ0v) is 9.90. The first-order valence-electron chi connectivity index (χ1n) is 5.86. The van der Waals surface area contributed by atoms with Crippen molar-refractivity contribution in [1.82, 2.24) is 0 Å². The van der Waals surface area contributed by atoms with Gasteiger partial charge in [0.1, 0.15) is 0 Å². The summed E-state index contributed by atoms with van der Waals surface area (Å²) in [6, 6.07) is 5.34. The van der Waals surface area contributed by atoms with Crippen LogP contribution < -0.4 is 10.6 Å². The minimum absolute atomic E-state index is 0.0903. The van der Waals surface area contributed by atoms with Crippen LogP contribution in [0.4, 0.5) is 5.69 Å². The minimum atomic E-state index is -0.456. The van der Waals surface area contributed by atoms with Gasteiger partial charge in [-0.2, -0.15) is 0 Å². The molecule has 1 aliphatic rings. The van der Waals surface area contributed by atoms with Gasteiger partial charge >= 0.3 is 0 Å². The van der Waals surface area contributed by atoms with Crippen LogP contribution in [0.15, 0.2) is 18.2 Å². The van der Waals surface area contributed by atoms with Gasteiger partial charge in [0.25, 0.3) is 0 Å². The molecule has 1 heterocycles. The van der Waals surface area contributed by atoms with Gasteiger partial charge < -0.3 is 10.6 Å². The molecule has 0 atom stereocenters. The van der Waals surface area contributed by atoms with Crippen molar-refractivity contribution in [2.24, 2.45) is 5.73 Å². The Balaban J connectivity index is 2.44. The van der Waals surface area contributed by atoms with Gasteiger partial charge in [-0.3, -0.25) is 9.59 Å². The second-order valence-electron chi connectivity index (χ2n) is 4.21. The Labute approximate surface area is 100 Å². The van der Waals surface area contributed by atoms with Crippen LogP contribution in [0.5, 0.6) is 0 Å². The molecule has 0 spiro atoms. The molecule has 0 aromatic heterocycles. The number of hydrogen-bond donors (Lipinski definition) is 1. The average molecular weight is 232 g/mol. The molecule has 2 N–H and O–H groups in total. The first-order valence-corrected chi connectivity index (χ1v) is 5.86. The topological polar surface area (TPSA) is 63.4 Å². The second kappa shape index (κ2) is 4.57. The van der Waals surface area contributed by atoms with E-state index in [2.05, 4.69) is 0 Å². The van der Waals surface area contributed by atoms with E-state index in [4.69, 9.17) is 5.73 Å². The first kappa shape index (κ1) is 11.6. The summed E-state index contributed by atoms with van der Waals surface area (Å²) in [5, 5.41) is 0. The molecule has 0 bridgehead atoms. The SMILES string of the molecule is CCC(=O)N1CCCc2ccc(C(N)=O)cc21. The number of carbonyl (C=O) groups is 2. The van der Waals surface area contributed by atoms with Gasteiger partial charge in [-0.05, 0) is 30.5 Å². The number of fused-ring (bicyclic) bond motifs is 1. The molecule has 1 aliphatic heterocycles. The number of aryl methyl sites for hydroxylation is 1. The van der Waals surface area contributed by atoms with E-state index in [1.165, 1.54) is 0 Å². The highest BCUT2D eigenvalue weighted by Crippen LogP contribution is 2.28. The highest BCUT2D eigenvalue weighted by atomic mass is 16.2. The molecule has 0 fully saturated rings. The van der Waals surface area contributed by atoms with Crippen LogP contribution in [0.25, 0.3) is 0 Å². The average Bonchev–Trinajstić information content (AvgIpc) is 2.36. The third-order valence-corrected chi connectivity index (χ3v) is 3.09. The van der Waals surface area contributed by atoms with E-state index in [0.717, 1.165) is 30.6 Å². The van der Waals surface area contributed by atoms with Gasteiger partial charge in [0.15, 0.2) is 0 Å². The van der Waals surface area contributed by atoms with E-state index in [1.54, 1.807) is 17.0 Å². The maximum absolute atomic E-state index is 11.8. The van der Waals surface area contributed by atoms with Crippen LogP contribution in [0.1, 0.15) is 35.7 Å². The molecule has 4 heteroatoms. The molecule has 1 aromatic carbocycles. The molecule has 1 aromatic rings. The normalized spacial score (nSPS) is 14.3. The quantitative estimate of drug-likeness (QED) is 0.839. The van der Waals surface area contributed by atoms with Crippen LogP contribution in [0.3, 0.4) is 0 Å². The number of anilines is 1. The van der Waals surface area contributed by atoms with E-state index < -0.39 is 5.91 Å². The summed E-state index contributed by atoms with van der Waals surface area (Å²) in [7, 11) is 0. The summed E-state index contributed by atoms with van der Waals surface area (Å²) < 4.78 is 0. The van der Waals surface area contributed by atoms with Crippen molar-refractivity contribution in [2.45, 2.75) is 26.2 Å². The number of carbonyl (C=O) groups excluding carboxylic acids is 2. The highest BCUT2D eigenvalue weighted by Gasteiger charge is 2.22. The van der Waals surface area contributed by atoms with Crippen molar-refractivity contribution >= 4 is 17.5 Å². The Bertz CT molecular complexity index is 468. The number of amides is 2. The molecular weight excluding hydrogens is 216 g/mol. The van der Waals surface area contributed by atoms with Crippen LogP contribution in [0, 0.1) is 0 Å². The van der Waals surface area contributed by atoms with Gasteiger partial charge in [0.2, 0.25) is 11.8 Å². The number of hydrogen-bond acceptors (Lipinski definition) is 2. The lowest BCUT2D eigenvalue weighted by atomic mass is 9.99. The maximum Gasteiger partial charge on any atom is 0.248 e. The van der Waals surface area contributed by atoms with E-state index in [-0.39, 0.29) is 5.91 Å². The van der Waals surface area contributed by atoms with E-state index in [0.29, 0.717) is 12.0 Å². The number of nitrogens with zero attached hydrogens (tertiary/aromatic N) is 1. The summed E-state index contributed by atoms with van der Waals surface area (Å²) in [5.41, 5.74) is 7.68. The predicted molar refractivity (Wildman–Crippen MR) is 65.9 cm³/mol. The van der Waals surface area contributed by atoms with Crippen LogP contribution in [-0.2, 0) is 11.2 Å². The molecule has 0 aliphatic carbocycles. The molecular formula is C13H16N2O2. The van der Waals surface area contributed by atoms with Gasteiger partial charge in [-0.1, -0.05) is 13.0 Å². The summed E-state index contributed by atoms with van der Waals surface area (Å²) in [4.78, 5) is 24.7. The molecule has 2 amide bonds. The molecule has 2 rings (SSSR count). The molecule has 90 valence electrons. The van der Waals surface area contributed by atoms with Gasteiger partial charge in [-0.25, -0.2) is 0 Å². The van der Waals surface area contributed by atoms with Gasteiger partial charge in [-0.15, -0.1) is 0 Å². The fraction of sp³-hybridized carbons (Fsp3) is 0.385. The van der Waals surface area contributed by atoms with Gasteiger partial charge in [0, 0.05) is 24.2 Å². The highest BCUT2D eigenvalue weighted by molar-refractivity contribution is 5.98. The van der Waals surface area contributed by atoms with Crippen molar-refractivity contribution < 1.29 is 9.59 Å². The van der Waals surface area contributed by atoms with Crippen molar-refractivity contribution in [3.63, 3.8) is 0 Å². The van der Waals surface area contributed by atoms with Crippen LogP contribution >= 0.6 is 0 Å². The maximum atomic E-state index is 11.8. The molecule has 0 saturated heterocycles. The van der Waals surface area contributed by atoms with Gasteiger partial charge in [0.05, 0.1) is 0 Å². The Hall–Kier alpha value is -1.84. The third kappa shape index (κ3) is 2.16. The largest absolute Gasteiger partial charge is 0.366 e. The molecule has 17 heavy (non-hydrogen) atoms. The van der Waals surface area contributed by atoms with E-state index in [1.807, 2.05) is 13.0 Å². The fourth-order valence-electron chi connectivity index (χ4n) is 2.18. The summed E-state index contributed by atoms with van der Waals surface area (Å²) in [6.07, 6.45) is 2.39. The van der Waals surface area contributed by atoms with Crippen molar-refractivity contribution in [2.75, 3.05) is 11.4 Å². The zero-order chi connectivity index (χ0) is 12.4. The monoisotopic (exact) mass is 232 g/mol. The van der Waals surface area contributed by atoms with Crippen LogP contribution in [-0.4, -0.2) is 18.4 Å². The standard InChI is InChI=1S/C13H16N2O2/c1-2-12(16)15-7-3-4-9-5-6-10(13(14)17)8-11(9)15/h5-6,8H,2-4,7H2,1H3,(H2,14,17). The Morgan fingerprint density at radius 3 is 2.82 bits per heavy atom.